The van der Waals surface area contributed by atoms with Gasteiger partial charge >= 0.3 is 0 Å². The zero-order chi connectivity index (χ0) is 15.3. The van der Waals surface area contributed by atoms with Crippen LogP contribution < -0.4 is 0 Å². The summed E-state index contributed by atoms with van der Waals surface area (Å²) in [4.78, 5) is 5.17. The van der Waals surface area contributed by atoms with Crippen LogP contribution in [0.15, 0.2) is 12.4 Å². The summed E-state index contributed by atoms with van der Waals surface area (Å²) in [6, 6.07) is 0. The Bertz CT molecular complexity index is 262. The highest BCUT2D eigenvalue weighted by Gasteiger charge is 2.24. The molecule has 0 amide bonds. The van der Waals surface area contributed by atoms with Crippen molar-refractivity contribution in [1.29, 1.82) is 0 Å². The quantitative estimate of drug-likeness (QED) is 0.399. The van der Waals surface area contributed by atoms with Gasteiger partial charge in [-0.2, -0.15) is 0 Å². The first-order valence-electron chi connectivity index (χ1n) is 9.53. The molecule has 0 aliphatic carbocycles. The molecule has 1 heterocycles. The second kappa shape index (κ2) is 11.9. The molecule has 1 aliphatic rings. The molecule has 2 nitrogen and oxygen atoms in total. The van der Waals surface area contributed by atoms with Crippen molar-refractivity contribution in [3.63, 3.8) is 0 Å². The van der Waals surface area contributed by atoms with Crippen molar-refractivity contribution in [3.8, 4) is 0 Å². The fraction of sp³-hybridized carbons (Fsp3) is 0.895. The summed E-state index contributed by atoms with van der Waals surface area (Å²) in [6.45, 7) is 9.37. The normalized spacial score (nSPS) is 18.0. The topological polar surface area (TPSA) is 6.48 Å². The van der Waals surface area contributed by atoms with E-state index in [-0.39, 0.29) is 0 Å². The summed E-state index contributed by atoms with van der Waals surface area (Å²) >= 11 is 0. The molecule has 0 bridgehead atoms. The predicted octanol–water partition coefficient (Wildman–Crippen LogP) is 5.75. The third-order valence-corrected chi connectivity index (χ3v) is 4.55. The zero-order valence-corrected chi connectivity index (χ0v) is 14.8. The summed E-state index contributed by atoms with van der Waals surface area (Å²) in [5.41, 5.74) is 0. The van der Waals surface area contributed by atoms with E-state index in [1.54, 1.807) is 0 Å². The van der Waals surface area contributed by atoms with E-state index in [0.717, 1.165) is 0 Å². The number of unbranched alkanes of at least 4 members (excludes halogenated alkanes) is 7. The van der Waals surface area contributed by atoms with Gasteiger partial charge in [-0.1, -0.05) is 72.1 Å². The zero-order valence-electron chi connectivity index (χ0n) is 14.8. The minimum atomic E-state index is 0.641. The van der Waals surface area contributed by atoms with Crippen molar-refractivity contribution in [2.24, 2.45) is 0 Å². The van der Waals surface area contributed by atoms with Crippen molar-refractivity contribution < 1.29 is 0 Å². The minimum absolute atomic E-state index is 0.641. The first-order chi connectivity index (χ1) is 10.3. The third kappa shape index (κ3) is 7.24. The molecular weight excluding hydrogens is 256 g/mol. The van der Waals surface area contributed by atoms with Crippen molar-refractivity contribution in [3.05, 3.63) is 12.4 Å². The van der Waals surface area contributed by atoms with E-state index in [9.17, 15) is 0 Å². The molecule has 0 fully saturated rings. The first-order valence-corrected chi connectivity index (χ1v) is 9.53. The molecule has 21 heavy (non-hydrogen) atoms. The maximum atomic E-state index is 2.59. The lowest BCUT2D eigenvalue weighted by Gasteiger charge is -2.33. The molecule has 0 aromatic heterocycles. The average molecular weight is 295 g/mol. The monoisotopic (exact) mass is 294 g/mol. The van der Waals surface area contributed by atoms with Gasteiger partial charge < -0.3 is 9.80 Å². The Kier molecular flexibility index (Phi) is 10.5. The van der Waals surface area contributed by atoms with E-state index >= 15 is 0 Å². The molecule has 0 aromatic carbocycles. The predicted molar refractivity (Wildman–Crippen MR) is 94.1 cm³/mol. The van der Waals surface area contributed by atoms with Crippen LogP contribution in [0.3, 0.4) is 0 Å². The largest absolute Gasteiger partial charge is 0.356 e. The van der Waals surface area contributed by atoms with Crippen molar-refractivity contribution in [1.82, 2.24) is 9.80 Å². The van der Waals surface area contributed by atoms with Gasteiger partial charge in [0.15, 0.2) is 0 Å². The molecule has 0 radical (unpaired) electrons. The van der Waals surface area contributed by atoms with Gasteiger partial charge in [-0.15, -0.1) is 0 Å². The number of rotatable bonds is 13. The molecular formula is C19H38N2. The van der Waals surface area contributed by atoms with Crippen molar-refractivity contribution in [2.45, 2.75) is 97.6 Å². The van der Waals surface area contributed by atoms with E-state index < -0.39 is 0 Å². The second-order valence-electron chi connectivity index (χ2n) is 6.52. The molecule has 0 N–H and O–H groups in total. The summed E-state index contributed by atoms with van der Waals surface area (Å²) in [6.07, 6.45) is 20.3. The molecule has 0 saturated carbocycles. The van der Waals surface area contributed by atoms with Gasteiger partial charge in [-0.3, -0.25) is 0 Å². The Labute approximate surface area is 133 Å². The van der Waals surface area contributed by atoms with Gasteiger partial charge in [0.05, 0.1) is 0 Å². The first kappa shape index (κ1) is 18.4. The highest BCUT2D eigenvalue weighted by Crippen LogP contribution is 2.22. The summed E-state index contributed by atoms with van der Waals surface area (Å²) in [5, 5.41) is 0. The Morgan fingerprint density at radius 3 is 1.67 bits per heavy atom. The van der Waals surface area contributed by atoms with Crippen molar-refractivity contribution >= 4 is 0 Å². The molecule has 1 aliphatic heterocycles. The molecule has 0 saturated heterocycles. The van der Waals surface area contributed by atoms with Crippen LogP contribution in [-0.4, -0.2) is 29.1 Å². The molecule has 1 unspecified atom stereocenters. The van der Waals surface area contributed by atoms with Crippen LogP contribution in [0.2, 0.25) is 0 Å². The van der Waals surface area contributed by atoms with E-state index in [0.29, 0.717) is 6.17 Å². The maximum Gasteiger partial charge on any atom is 0.101 e. The third-order valence-electron chi connectivity index (χ3n) is 4.55. The number of hydrogen-bond donors (Lipinski definition) is 0. The van der Waals surface area contributed by atoms with Gasteiger partial charge in [-0.25, -0.2) is 0 Å². The van der Waals surface area contributed by atoms with Gasteiger partial charge in [0.2, 0.25) is 0 Å². The van der Waals surface area contributed by atoms with Crippen molar-refractivity contribution in [2.75, 3.05) is 13.1 Å². The maximum absolute atomic E-state index is 2.59. The Balaban J connectivity index is 2.24. The van der Waals surface area contributed by atoms with Crippen LogP contribution in [-0.2, 0) is 0 Å². The summed E-state index contributed by atoms with van der Waals surface area (Å²) < 4.78 is 0. The number of hydrogen-bond acceptors (Lipinski definition) is 2. The smallest absolute Gasteiger partial charge is 0.101 e. The lowest BCUT2D eigenvalue weighted by molar-refractivity contribution is 0.138. The Hall–Kier alpha value is -0.660. The number of nitrogens with zero attached hydrogens (tertiary/aromatic N) is 2. The molecule has 2 heteroatoms. The lowest BCUT2D eigenvalue weighted by Crippen LogP contribution is -2.39. The van der Waals surface area contributed by atoms with Gasteiger partial charge in [0.25, 0.3) is 0 Å². The SMILES string of the molecule is CCCCCCCCN1C=CN(CCCCC)C1CCC. The minimum Gasteiger partial charge on any atom is -0.356 e. The van der Waals surface area contributed by atoms with Gasteiger partial charge in [-0.05, 0) is 19.3 Å². The lowest BCUT2D eigenvalue weighted by atomic mass is 10.1. The van der Waals surface area contributed by atoms with Crippen LogP contribution >= 0.6 is 0 Å². The van der Waals surface area contributed by atoms with Gasteiger partial charge in [0.1, 0.15) is 6.17 Å². The van der Waals surface area contributed by atoms with Crippen LogP contribution in [0.4, 0.5) is 0 Å². The average Bonchev–Trinajstić information content (AvgIpc) is 2.86. The van der Waals surface area contributed by atoms with E-state index in [1.807, 2.05) is 0 Å². The molecule has 124 valence electrons. The highest BCUT2D eigenvalue weighted by atomic mass is 15.4. The summed E-state index contributed by atoms with van der Waals surface area (Å²) in [5.74, 6) is 0. The highest BCUT2D eigenvalue weighted by molar-refractivity contribution is 4.96. The molecule has 0 spiro atoms. The van der Waals surface area contributed by atoms with Crippen LogP contribution in [0.1, 0.15) is 91.4 Å². The van der Waals surface area contributed by atoms with E-state index in [4.69, 9.17) is 0 Å². The molecule has 0 aromatic rings. The fourth-order valence-electron chi connectivity index (χ4n) is 3.22. The standard InChI is InChI=1S/C19H38N2/c1-4-7-9-10-11-13-16-21-18-17-20(15-12-8-5-2)19(21)14-6-3/h17-19H,4-16H2,1-3H3. The Morgan fingerprint density at radius 2 is 1.10 bits per heavy atom. The Morgan fingerprint density at radius 1 is 0.619 bits per heavy atom. The van der Waals surface area contributed by atoms with Crippen LogP contribution in [0.5, 0.6) is 0 Å². The molecule has 1 rings (SSSR count). The van der Waals surface area contributed by atoms with Gasteiger partial charge in [0, 0.05) is 25.5 Å². The van der Waals surface area contributed by atoms with Crippen LogP contribution in [0.25, 0.3) is 0 Å². The molecule has 1 atom stereocenters. The second-order valence-corrected chi connectivity index (χ2v) is 6.52. The van der Waals surface area contributed by atoms with E-state index in [1.165, 1.54) is 83.7 Å². The van der Waals surface area contributed by atoms with E-state index in [2.05, 4.69) is 43.0 Å². The van der Waals surface area contributed by atoms with Crippen LogP contribution in [0, 0.1) is 0 Å². The summed E-state index contributed by atoms with van der Waals surface area (Å²) in [7, 11) is 0. The fourth-order valence-corrected chi connectivity index (χ4v) is 3.22.